The first kappa shape index (κ1) is 16.7. The molecule has 0 amide bonds. The summed E-state index contributed by atoms with van der Waals surface area (Å²) in [5.41, 5.74) is 0.940. The Morgan fingerprint density at radius 3 is 2.05 bits per heavy atom. The molecule has 112 valence electrons. The van der Waals surface area contributed by atoms with Crippen molar-refractivity contribution >= 4 is 5.97 Å². The monoisotopic (exact) mass is 276 g/mol. The van der Waals surface area contributed by atoms with Crippen molar-refractivity contribution in [3.05, 3.63) is 35.9 Å². The molecule has 0 radical (unpaired) electrons. The first-order valence-electron chi connectivity index (χ1n) is 7.34. The number of rotatable bonds is 4. The van der Waals surface area contributed by atoms with E-state index < -0.39 is 5.60 Å². The van der Waals surface area contributed by atoms with Gasteiger partial charge in [0.2, 0.25) is 0 Å². The molecule has 2 nitrogen and oxygen atoms in total. The van der Waals surface area contributed by atoms with Crippen LogP contribution in [-0.4, -0.2) is 11.6 Å². The molecule has 0 aliphatic heterocycles. The van der Waals surface area contributed by atoms with E-state index in [0.717, 1.165) is 6.42 Å². The van der Waals surface area contributed by atoms with Crippen LogP contribution >= 0.6 is 0 Å². The zero-order valence-electron chi connectivity index (χ0n) is 13.7. The first-order chi connectivity index (χ1) is 9.08. The van der Waals surface area contributed by atoms with Gasteiger partial charge in [0.15, 0.2) is 0 Å². The second-order valence-electron chi connectivity index (χ2n) is 7.54. The van der Waals surface area contributed by atoms with Crippen molar-refractivity contribution in [3.8, 4) is 0 Å². The summed E-state index contributed by atoms with van der Waals surface area (Å²) in [7, 11) is 0. The molecule has 0 aromatic heterocycles. The summed E-state index contributed by atoms with van der Waals surface area (Å²) < 4.78 is 5.46. The SMILES string of the molecule is CC(C)(C)OC(=O)CC(Cc1ccccc1)C(C)(C)C. The fourth-order valence-electron chi connectivity index (χ4n) is 2.17. The van der Waals surface area contributed by atoms with Gasteiger partial charge in [-0.15, -0.1) is 0 Å². The Morgan fingerprint density at radius 2 is 1.60 bits per heavy atom. The lowest BCUT2D eigenvalue weighted by Crippen LogP contribution is -2.30. The van der Waals surface area contributed by atoms with E-state index in [-0.39, 0.29) is 17.3 Å². The number of hydrogen-bond acceptors (Lipinski definition) is 2. The highest BCUT2D eigenvalue weighted by atomic mass is 16.6. The number of esters is 1. The highest BCUT2D eigenvalue weighted by molar-refractivity contribution is 5.70. The van der Waals surface area contributed by atoms with Gasteiger partial charge in [0.25, 0.3) is 0 Å². The standard InChI is InChI=1S/C18H28O2/c1-17(2,3)15(12-14-10-8-7-9-11-14)13-16(19)20-18(4,5)6/h7-11,15H,12-13H2,1-6H3. The van der Waals surface area contributed by atoms with E-state index in [4.69, 9.17) is 4.74 Å². The van der Waals surface area contributed by atoms with Gasteiger partial charge in [-0.3, -0.25) is 4.79 Å². The summed E-state index contributed by atoms with van der Waals surface area (Å²) in [5, 5.41) is 0. The van der Waals surface area contributed by atoms with Crippen LogP contribution < -0.4 is 0 Å². The summed E-state index contributed by atoms with van der Waals surface area (Å²) in [4.78, 5) is 12.1. The molecule has 0 N–H and O–H groups in total. The average Bonchev–Trinajstić information content (AvgIpc) is 2.25. The second kappa shape index (κ2) is 6.43. The van der Waals surface area contributed by atoms with E-state index >= 15 is 0 Å². The Morgan fingerprint density at radius 1 is 1.05 bits per heavy atom. The number of carbonyl (C=O) groups excluding carboxylic acids is 1. The third-order valence-corrected chi connectivity index (χ3v) is 3.38. The fraction of sp³-hybridized carbons (Fsp3) is 0.611. The molecule has 0 saturated heterocycles. The van der Waals surface area contributed by atoms with Gasteiger partial charge in [0, 0.05) is 6.42 Å². The van der Waals surface area contributed by atoms with Crippen molar-refractivity contribution in [1.29, 1.82) is 0 Å². The van der Waals surface area contributed by atoms with Crippen LogP contribution in [0.5, 0.6) is 0 Å². The minimum atomic E-state index is -0.410. The molecular weight excluding hydrogens is 248 g/mol. The number of hydrogen-bond donors (Lipinski definition) is 0. The van der Waals surface area contributed by atoms with Crippen molar-refractivity contribution in [2.75, 3.05) is 0 Å². The van der Waals surface area contributed by atoms with E-state index in [0.29, 0.717) is 6.42 Å². The zero-order chi connectivity index (χ0) is 15.4. The van der Waals surface area contributed by atoms with E-state index in [1.54, 1.807) is 0 Å². The van der Waals surface area contributed by atoms with Gasteiger partial charge >= 0.3 is 5.97 Å². The summed E-state index contributed by atoms with van der Waals surface area (Å²) >= 11 is 0. The maximum absolute atomic E-state index is 12.1. The van der Waals surface area contributed by atoms with E-state index in [2.05, 4.69) is 32.9 Å². The normalized spacial score (nSPS) is 13.9. The molecule has 0 saturated carbocycles. The molecule has 1 aromatic carbocycles. The molecule has 1 aromatic rings. The lowest BCUT2D eigenvalue weighted by molar-refractivity contribution is -0.157. The van der Waals surface area contributed by atoms with Crippen LogP contribution in [0.2, 0.25) is 0 Å². The summed E-state index contributed by atoms with van der Waals surface area (Å²) in [6, 6.07) is 10.3. The minimum absolute atomic E-state index is 0.0761. The Balaban J connectivity index is 2.74. The van der Waals surface area contributed by atoms with Gasteiger partial charge in [0.1, 0.15) is 5.60 Å². The maximum atomic E-state index is 12.1. The van der Waals surface area contributed by atoms with Crippen molar-refractivity contribution < 1.29 is 9.53 Å². The largest absolute Gasteiger partial charge is 0.460 e. The third kappa shape index (κ3) is 6.23. The molecule has 1 unspecified atom stereocenters. The molecule has 2 heteroatoms. The van der Waals surface area contributed by atoms with E-state index in [1.807, 2.05) is 39.0 Å². The summed E-state index contributed by atoms with van der Waals surface area (Å²) in [6.45, 7) is 12.3. The van der Waals surface area contributed by atoms with E-state index in [1.165, 1.54) is 5.56 Å². The number of ether oxygens (including phenoxy) is 1. The smallest absolute Gasteiger partial charge is 0.306 e. The molecule has 0 aliphatic carbocycles. The molecule has 0 bridgehead atoms. The zero-order valence-corrected chi connectivity index (χ0v) is 13.7. The Labute approximate surface area is 123 Å². The molecule has 20 heavy (non-hydrogen) atoms. The first-order valence-corrected chi connectivity index (χ1v) is 7.34. The maximum Gasteiger partial charge on any atom is 0.306 e. The molecule has 0 fully saturated rings. The highest BCUT2D eigenvalue weighted by Crippen LogP contribution is 2.32. The summed E-state index contributed by atoms with van der Waals surface area (Å²) in [5.74, 6) is 0.174. The molecule has 0 spiro atoms. The highest BCUT2D eigenvalue weighted by Gasteiger charge is 2.29. The van der Waals surface area contributed by atoms with Crippen LogP contribution in [0.1, 0.15) is 53.5 Å². The van der Waals surface area contributed by atoms with Gasteiger partial charge < -0.3 is 4.74 Å². The van der Waals surface area contributed by atoms with Crippen LogP contribution in [0, 0.1) is 11.3 Å². The molecule has 0 heterocycles. The van der Waals surface area contributed by atoms with Gasteiger partial charge in [-0.05, 0) is 44.1 Å². The number of carbonyl (C=O) groups is 1. The van der Waals surface area contributed by atoms with Gasteiger partial charge in [-0.1, -0.05) is 51.1 Å². The lowest BCUT2D eigenvalue weighted by atomic mass is 9.75. The van der Waals surface area contributed by atoms with Crippen molar-refractivity contribution in [2.45, 2.75) is 60.0 Å². The van der Waals surface area contributed by atoms with Gasteiger partial charge in [-0.25, -0.2) is 0 Å². The average molecular weight is 276 g/mol. The molecular formula is C18H28O2. The lowest BCUT2D eigenvalue weighted by Gasteiger charge is -2.31. The van der Waals surface area contributed by atoms with Crippen molar-refractivity contribution in [3.63, 3.8) is 0 Å². The van der Waals surface area contributed by atoms with Gasteiger partial charge in [-0.2, -0.15) is 0 Å². The predicted octanol–water partition coefficient (Wildman–Crippen LogP) is 4.62. The van der Waals surface area contributed by atoms with E-state index in [9.17, 15) is 4.79 Å². The Kier molecular flexibility index (Phi) is 5.38. The molecule has 1 atom stereocenters. The topological polar surface area (TPSA) is 26.3 Å². The van der Waals surface area contributed by atoms with Crippen LogP contribution in [0.4, 0.5) is 0 Å². The predicted molar refractivity (Wildman–Crippen MR) is 83.6 cm³/mol. The quantitative estimate of drug-likeness (QED) is 0.750. The summed E-state index contributed by atoms with van der Waals surface area (Å²) in [6.07, 6.45) is 1.37. The van der Waals surface area contributed by atoms with Crippen LogP contribution in [0.15, 0.2) is 30.3 Å². The van der Waals surface area contributed by atoms with Gasteiger partial charge in [0.05, 0.1) is 0 Å². The minimum Gasteiger partial charge on any atom is -0.460 e. The van der Waals surface area contributed by atoms with Crippen LogP contribution in [-0.2, 0) is 16.0 Å². The van der Waals surface area contributed by atoms with Crippen molar-refractivity contribution in [1.82, 2.24) is 0 Å². The molecule has 0 aliphatic rings. The Hall–Kier alpha value is -1.31. The Bertz CT molecular complexity index is 421. The number of benzene rings is 1. The third-order valence-electron chi connectivity index (χ3n) is 3.38. The second-order valence-corrected chi connectivity index (χ2v) is 7.54. The van der Waals surface area contributed by atoms with Crippen LogP contribution in [0.25, 0.3) is 0 Å². The molecule has 1 rings (SSSR count). The van der Waals surface area contributed by atoms with Crippen LogP contribution in [0.3, 0.4) is 0 Å². The van der Waals surface area contributed by atoms with Crippen molar-refractivity contribution in [2.24, 2.45) is 11.3 Å². The fourth-order valence-corrected chi connectivity index (χ4v) is 2.17.